The topological polar surface area (TPSA) is 57.6 Å². The summed E-state index contributed by atoms with van der Waals surface area (Å²) in [6, 6.07) is 10.8. The molecule has 1 aromatic carbocycles. The Labute approximate surface area is 144 Å². The van der Waals surface area contributed by atoms with Crippen LogP contribution in [-0.4, -0.2) is 27.9 Å². The van der Waals surface area contributed by atoms with Crippen molar-refractivity contribution in [3.8, 4) is 0 Å². The van der Waals surface area contributed by atoms with Gasteiger partial charge in [0, 0.05) is 16.5 Å². The zero-order chi connectivity index (χ0) is 16.7. The molecule has 1 aliphatic heterocycles. The summed E-state index contributed by atoms with van der Waals surface area (Å²) in [5, 5.41) is 11.9. The Hall–Kier alpha value is -2.14. The maximum atomic E-state index is 13.2. The van der Waals surface area contributed by atoms with E-state index in [0.717, 1.165) is 30.6 Å². The second-order valence-corrected chi connectivity index (χ2v) is 7.49. The number of hydrogen-bond acceptors (Lipinski definition) is 3. The molecule has 1 fully saturated rings. The van der Waals surface area contributed by atoms with E-state index in [1.54, 1.807) is 12.1 Å². The van der Waals surface area contributed by atoms with Gasteiger partial charge >= 0.3 is 5.97 Å². The smallest absolute Gasteiger partial charge is 0.313 e. The number of thiophene rings is 1. The maximum Gasteiger partial charge on any atom is 0.313 e. The Morgan fingerprint density at radius 3 is 2.54 bits per heavy atom. The van der Waals surface area contributed by atoms with E-state index < -0.39 is 17.9 Å². The van der Waals surface area contributed by atoms with Gasteiger partial charge in [-0.05, 0) is 35.9 Å². The summed E-state index contributed by atoms with van der Waals surface area (Å²) < 4.78 is 0. The fraction of sp³-hybridized carbons (Fsp3) is 0.368. The summed E-state index contributed by atoms with van der Waals surface area (Å²) in [6.45, 7) is 0. The molecule has 1 aromatic heterocycles. The molecule has 2 atom stereocenters. The van der Waals surface area contributed by atoms with Gasteiger partial charge in [-0.1, -0.05) is 37.1 Å². The minimum atomic E-state index is -0.864. The Bertz CT molecular complexity index is 765. The molecule has 0 saturated heterocycles. The van der Waals surface area contributed by atoms with Crippen LogP contribution < -0.4 is 0 Å². The lowest BCUT2D eigenvalue weighted by atomic mass is 9.81. The number of carboxylic acid groups (broad SMARTS) is 1. The highest BCUT2D eigenvalue weighted by atomic mass is 32.1. The molecule has 24 heavy (non-hydrogen) atoms. The monoisotopic (exact) mass is 341 g/mol. The summed E-state index contributed by atoms with van der Waals surface area (Å²) in [6.07, 6.45) is 4.13. The van der Waals surface area contributed by atoms with E-state index in [-0.39, 0.29) is 11.9 Å². The summed E-state index contributed by atoms with van der Waals surface area (Å²) in [4.78, 5) is 28.2. The molecular weight excluding hydrogens is 322 g/mol. The molecule has 1 saturated carbocycles. The Morgan fingerprint density at radius 2 is 1.88 bits per heavy atom. The summed E-state index contributed by atoms with van der Waals surface area (Å²) >= 11 is 1.53. The van der Waals surface area contributed by atoms with E-state index >= 15 is 0 Å². The van der Waals surface area contributed by atoms with Gasteiger partial charge < -0.3 is 10.0 Å². The molecule has 2 aliphatic rings. The van der Waals surface area contributed by atoms with Crippen molar-refractivity contribution in [2.24, 2.45) is 0 Å². The summed E-state index contributed by atoms with van der Waals surface area (Å²) in [7, 11) is 0. The van der Waals surface area contributed by atoms with Crippen molar-refractivity contribution in [3.05, 3.63) is 57.8 Å². The van der Waals surface area contributed by atoms with Gasteiger partial charge in [0.1, 0.15) is 5.92 Å². The first-order valence-corrected chi connectivity index (χ1v) is 9.24. The molecule has 1 amide bonds. The SMILES string of the molecule is O=C(O)C1c2ccccc2C(=O)N(C2CCCC2)C1c1cccs1. The number of nitrogens with zero attached hydrogens (tertiary/aromatic N) is 1. The standard InChI is InChI=1S/C19H19NO3S/c21-18-14-9-4-3-8-13(14)16(19(22)23)17(15-10-5-11-24-15)20(18)12-6-1-2-7-12/h3-5,8-12,16-17H,1-2,6-7H2,(H,22,23). The molecule has 1 aliphatic carbocycles. The fourth-order valence-corrected chi connectivity index (χ4v) is 5.02. The Morgan fingerprint density at radius 1 is 1.12 bits per heavy atom. The van der Waals surface area contributed by atoms with Gasteiger partial charge in [-0.15, -0.1) is 11.3 Å². The molecule has 2 aromatic rings. The predicted molar refractivity (Wildman–Crippen MR) is 92.3 cm³/mol. The highest BCUT2D eigenvalue weighted by molar-refractivity contribution is 7.10. The molecule has 2 unspecified atom stereocenters. The molecule has 5 heteroatoms. The molecule has 4 rings (SSSR count). The highest BCUT2D eigenvalue weighted by Crippen LogP contribution is 2.47. The minimum absolute atomic E-state index is 0.0200. The van der Waals surface area contributed by atoms with Crippen molar-refractivity contribution in [3.63, 3.8) is 0 Å². The maximum absolute atomic E-state index is 13.2. The van der Waals surface area contributed by atoms with Gasteiger partial charge in [-0.25, -0.2) is 0 Å². The van der Waals surface area contributed by atoms with Crippen LogP contribution in [0.5, 0.6) is 0 Å². The zero-order valence-corrected chi connectivity index (χ0v) is 14.0. The lowest BCUT2D eigenvalue weighted by molar-refractivity contribution is -0.140. The van der Waals surface area contributed by atoms with Gasteiger partial charge in [0.2, 0.25) is 0 Å². The fourth-order valence-electron chi connectivity index (χ4n) is 4.16. The van der Waals surface area contributed by atoms with E-state index in [1.807, 2.05) is 34.5 Å². The van der Waals surface area contributed by atoms with Crippen LogP contribution >= 0.6 is 11.3 Å². The number of benzene rings is 1. The third kappa shape index (κ3) is 2.35. The van der Waals surface area contributed by atoms with Crippen LogP contribution in [-0.2, 0) is 4.79 Å². The van der Waals surface area contributed by atoms with Crippen molar-refractivity contribution in [1.29, 1.82) is 0 Å². The summed E-state index contributed by atoms with van der Waals surface area (Å²) in [5.41, 5.74) is 1.19. The molecule has 0 bridgehead atoms. The minimum Gasteiger partial charge on any atom is -0.481 e. The molecule has 4 nitrogen and oxygen atoms in total. The van der Waals surface area contributed by atoms with Crippen LogP contribution in [0.1, 0.15) is 58.4 Å². The molecule has 1 N–H and O–H groups in total. The van der Waals surface area contributed by atoms with E-state index in [2.05, 4.69) is 0 Å². The molecule has 124 valence electrons. The van der Waals surface area contributed by atoms with Gasteiger partial charge in [-0.2, -0.15) is 0 Å². The van der Waals surface area contributed by atoms with Crippen LogP contribution in [0.25, 0.3) is 0 Å². The van der Waals surface area contributed by atoms with Crippen molar-refractivity contribution in [2.45, 2.75) is 43.7 Å². The normalized spacial score (nSPS) is 24.2. The first kappa shape index (κ1) is 15.4. The molecular formula is C19H19NO3S. The van der Waals surface area contributed by atoms with Crippen molar-refractivity contribution < 1.29 is 14.7 Å². The van der Waals surface area contributed by atoms with Gasteiger partial charge in [0.05, 0.1) is 6.04 Å². The number of carbonyl (C=O) groups is 2. The molecule has 0 spiro atoms. The molecule has 0 radical (unpaired) electrons. The second kappa shape index (κ2) is 6.06. The van der Waals surface area contributed by atoms with Gasteiger partial charge in [0.25, 0.3) is 5.91 Å². The van der Waals surface area contributed by atoms with Crippen molar-refractivity contribution >= 4 is 23.2 Å². The molecule has 2 heterocycles. The first-order valence-electron chi connectivity index (χ1n) is 8.36. The third-order valence-corrected chi connectivity index (χ3v) is 6.14. The van der Waals surface area contributed by atoms with Crippen molar-refractivity contribution in [1.82, 2.24) is 4.90 Å². The highest BCUT2D eigenvalue weighted by Gasteiger charge is 2.47. The first-order chi connectivity index (χ1) is 11.7. The van der Waals surface area contributed by atoms with E-state index in [9.17, 15) is 14.7 Å². The zero-order valence-electron chi connectivity index (χ0n) is 13.2. The number of aliphatic carboxylic acids is 1. The third-order valence-electron chi connectivity index (χ3n) is 5.20. The lowest BCUT2D eigenvalue weighted by Crippen LogP contribution is -2.48. The second-order valence-electron chi connectivity index (χ2n) is 6.51. The Kier molecular flexibility index (Phi) is 3.88. The number of carboxylic acids is 1. The lowest BCUT2D eigenvalue weighted by Gasteiger charge is -2.43. The van der Waals surface area contributed by atoms with Gasteiger partial charge in [-0.3, -0.25) is 9.59 Å². The predicted octanol–water partition coefficient (Wildman–Crippen LogP) is 4.06. The van der Waals surface area contributed by atoms with E-state index in [4.69, 9.17) is 0 Å². The largest absolute Gasteiger partial charge is 0.481 e. The van der Waals surface area contributed by atoms with E-state index in [1.165, 1.54) is 11.3 Å². The van der Waals surface area contributed by atoms with Crippen LogP contribution in [0.15, 0.2) is 41.8 Å². The summed E-state index contributed by atoms with van der Waals surface area (Å²) in [5.74, 6) is -1.59. The number of fused-ring (bicyclic) bond motifs is 1. The van der Waals surface area contributed by atoms with Crippen LogP contribution in [0.4, 0.5) is 0 Å². The van der Waals surface area contributed by atoms with Crippen LogP contribution in [0, 0.1) is 0 Å². The number of carbonyl (C=O) groups excluding carboxylic acids is 1. The number of hydrogen-bond donors (Lipinski definition) is 1. The van der Waals surface area contributed by atoms with E-state index in [0.29, 0.717) is 11.1 Å². The quantitative estimate of drug-likeness (QED) is 0.916. The number of rotatable bonds is 3. The number of amides is 1. The average molecular weight is 341 g/mol. The van der Waals surface area contributed by atoms with Crippen molar-refractivity contribution in [2.75, 3.05) is 0 Å². The van der Waals surface area contributed by atoms with Crippen LogP contribution in [0.3, 0.4) is 0 Å². The van der Waals surface area contributed by atoms with Crippen LogP contribution in [0.2, 0.25) is 0 Å². The van der Waals surface area contributed by atoms with Gasteiger partial charge in [0.15, 0.2) is 0 Å². The average Bonchev–Trinajstić information content (AvgIpc) is 3.28. The Balaban J connectivity index is 1.91.